The van der Waals surface area contributed by atoms with E-state index in [1.54, 1.807) is 0 Å². The Morgan fingerprint density at radius 2 is 2.00 bits per heavy atom. The van der Waals surface area contributed by atoms with Gasteiger partial charge in [-0.15, -0.1) is 0 Å². The molecule has 0 bridgehead atoms. The van der Waals surface area contributed by atoms with Gasteiger partial charge >= 0.3 is 0 Å². The van der Waals surface area contributed by atoms with E-state index in [4.69, 9.17) is 0 Å². The van der Waals surface area contributed by atoms with Crippen molar-refractivity contribution in [3.05, 3.63) is 29.3 Å². The Morgan fingerprint density at radius 3 is 2.72 bits per heavy atom. The Kier molecular flexibility index (Phi) is 2.86. The fourth-order valence-corrected chi connectivity index (χ4v) is 3.25. The van der Waals surface area contributed by atoms with Gasteiger partial charge in [-0.3, -0.25) is 0 Å². The van der Waals surface area contributed by atoms with Crippen LogP contribution in [0.1, 0.15) is 44.2 Å². The quantitative estimate of drug-likeness (QED) is 0.839. The van der Waals surface area contributed by atoms with Crippen LogP contribution in [0.15, 0.2) is 18.2 Å². The van der Waals surface area contributed by atoms with Crippen molar-refractivity contribution in [1.29, 1.82) is 0 Å². The Bertz CT molecular complexity index is 452. The van der Waals surface area contributed by atoms with Crippen molar-refractivity contribution in [3.8, 4) is 0 Å². The van der Waals surface area contributed by atoms with Crippen molar-refractivity contribution in [2.45, 2.75) is 58.1 Å². The van der Waals surface area contributed by atoms with Crippen LogP contribution in [0.3, 0.4) is 0 Å². The smallest absolute Gasteiger partial charge is 0.0630 e. The van der Waals surface area contributed by atoms with Crippen LogP contribution in [0.25, 0.3) is 0 Å². The van der Waals surface area contributed by atoms with Gasteiger partial charge in [0.1, 0.15) is 0 Å². The van der Waals surface area contributed by atoms with Crippen molar-refractivity contribution in [2.24, 2.45) is 5.41 Å². The maximum Gasteiger partial charge on any atom is 0.0630 e. The Labute approximate surface area is 109 Å². The molecule has 0 saturated heterocycles. The van der Waals surface area contributed by atoms with Crippen LogP contribution in [-0.2, 0) is 12.8 Å². The summed E-state index contributed by atoms with van der Waals surface area (Å²) >= 11 is 0. The van der Waals surface area contributed by atoms with Gasteiger partial charge in [-0.1, -0.05) is 26.0 Å². The van der Waals surface area contributed by atoms with Gasteiger partial charge in [-0.2, -0.15) is 0 Å². The van der Waals surface area contributed by atoms with Crippen LogP contribution in [0.5, 0.6) is 0 Å². The van der Waals surface area contributed by atoms with Crippen molar-refractivity contribution in [1.82, 2.24) is 0 Å². The molecule has 18 heavy (non-hydrogen) atoms. The molecule has 1 aromatic carbocycles. The van der Waals surface area contributed by atoms with Crippen molar-refractivity contribution >= 4 is 5.69 Å². The van der Waals surface area contributed by atoms with E-state index in [-0.39, 0.29) is 11.5 Å². The average molecular weight is 245 g/mol. The van der Waals surface area contributed by atoms with Crippen molar-refractivity contribution < 1.29 is 5.11 Å². The molecule has 0 radical (unpaired) electrons. The molecule has 2 aliphatic carbocycles. The summed E-state index contributed by atoms with van der Waals surface area (Å²) in [5, 5.41) is 13.5. The third-order valence-electron chi connectivity index (χ3n) is 4.94. The first kappa shape index (κ1) is 12.0. The lowest BCUT2D eigenvalue weighted by molar-refractivity contribution is -0.0510. The summed E-state index contributed by atoms with van der Waals surface area (Å²) in [7, 11) is 0. The van der Waals surface area contributed by atoms with Crippen LogP contribution in [0.2, 0.25) is 0 Å². The molecule has 1 saturated carbocycles. The fourth-order valence-electron chi connectivity index (χ4n) is 3.25. The molecular weight excluding hydrogens is 222 g/mol. The first-order valence-electron chi connectivity index (χ1n) is 7.14. The molecule has 0 spiro atoms. The van der Waals surface area contributed by atoms with Crippen molar-refractivity contribution in [2.75, 3.05) is 5.32 Å². The van der Waals surface area contributed by atoms with Crippen LogP contribution in [0, 0.1) is 5.41 Å². The van der Waals surface area contributed by atoms with Crippen LogP contribution in [0.4, 0.5) is 5.69 Å². The minimum atomic E-state index is -0.158. The SMILES string of the molecule is CC1(C)C(O)CC1Nc1cccc2c1CCCC2. The first-order chi connectivity index (χ1) is 8.59. The largest absolute Gasteiger partial charge is 0.392 e. The number of hydrogen-bond acceptors (Lipinski definition) is 2. The molecule has 2 unspecified atom stereocenters. The summed E-state index contributed by atoms with van der Waals surface area (Å²) in [5.74, 6) is 0. The van der Waals surface area contributed by atoms with Gasteiger partial charge in [0.05, 0.1) is 6.10 Å². The van der Waals surface area contributed by atoms with Gasteiger partial charge in [0.2, 0.25) is 0 Å². The summed E-state index contributed by atoms with van der Waals surface area (Å²) in [6.07, 6.45) is 5.77. The molecule has 0 amide bonds. The molecule has 2 nitrogen and oxygen atoms in total. The summed E-state index contributed by atoms with van der Waals surface area (Å²) in [4.78, 5) is 0. The van der Waals surface area contributed by atoms with E-state index in [9.17, 15) is 5.11 Å². The summed E-state index contributed by atoms with van der Waals surface area (Å²) in [6.45, 7) is 4.29. The van der Waals surface area contributed by atoms with Gasteiger partial charge in [0.15, 0.2) is 0 Å². The lowest BCUT2D eigenvalue weighted by atomic mass is 9.64. The summed E-state index contributed by atoms with van der Waals surface area (Å²) in [6, 6.07) is 7.03. The highest BCUT2D eigenvalue weighted by Gasteiger charge is 2.47. The minimum Gasteiger partial charge on any atom is -0.392 e. The molecule has 3 rings (SSSR count). The van der Waals surface area contributed by atoms with Gasteiger partial charge in [-0.05, 0) is 49.3 Å². The number of aliphatic hydroxyl groups is 1. The highest BCUT2D eigenvalue weighted by molar-refractivity contribution is 5.56. The van der Waals surface area contributed by atoms with Gasteiger partial charge in [0.25, 0.3) is 0 Å². The highest BCUT2D eigenvalue weighted by atomic mass is 16.3. The van der Waals surface area contributed by atoms with E-state index >= 15 is 0 Å². The first-order valence-corrected chi connectivity index (χ1v) is 7.14. The number of hydrogen-bond donors (Lipinski definition) is 2. The molecule has 1 aromatic rings. The summed E-state index contributed by atoms with van der Waals surface area (Å²) < 4.78 is 0. The molecule has 2 heteroatoms. The molecule has 0 aliphatic heterocycles. The second-order valence-electron chi connectivity index (χ2n) is 6.42. The maximum atomic E-state index is 9.82. The number of rotatable bonds is 2. The van der Waals surface area contributed by atoms with Crippen molar-refractivity contribution in [3.63, 3.8) is 0 Å². The standard InChI is InChI=1S/C16H23NO/c1-16(2)14(10-15(16)18)17-13-9-5-7-11-6-3-4-8-12(11)13/h5,7,9,14-15,17-18H,3-4,6,8,10H2,1-2H3. The Morgan fingerprint density at radius 1 is 1.22 bits per heavy atom. The monoisotopic (exact) mass is 245 g/mol. The lowest BCUT2D eigenvalue weighted by Crippen LogP contribution is -2.57. The number of benzene rings is 1. The van der Waals surface area contributed by atoms with Gasteiger partial charge < -0.3 is 10.4 Å². The zero-order valence-electron chi connectivity index (χ0n) is 11.4. The van der Waals surface area contributed by atoms with Crippen LogP contribution in [-0.4, -0.2) is 17.3 Å². The number of aliphatic hydroxyl groups excluding tert-OH is 1. The van der Waals surface area contributed by atoms with E-state index in [0.717, 1.165) is 6.42 Å². The molecular formula is C16H23NO. The van der Waals surface area contributed by atoms with Gasteiger partial charge in [0, 0.05) is 17.1 Å². The summed E-state index contributed by atoms with van der Waals surface area (Å²) in [5.41, 5.74) is 4.33. The maximum absolute atomic E-state index is 9.82. The van der Waals surface area contributed by atoms with E-state index in [1.807, 2.05) is 0 Å². The topological polar surface area (TPSA) is 32.3 Å². The molecule has 0 aromatic heterocycles. The lowest BCUT2D eigenvalue weighted by Gasteiger charge is -2.50. The predicted molar refractivity (Wildman–Crippen MR) is 74.9 cm³/mol. The molecule has 0 heterocycles. The van der Waals surface area contributed by atoms with E-state index in [1.165, 1.54) is 42.5 Å². The zero-order valence-corrected chi connectivity index (χ0v) is 11.4. The van der Waals surface area contributed by atoms with E-state index in [2.05, 4.69) is 37.4 Å². The second-order valence-corrected chi connectivity index (χ2v) is 6.42. The van der Waals surface area contributed by atoms with Gasteiger partial charge in [-0.25, -0.2) is 0 Å². The molecule has 2 atom stereocenters. The van der Waals surface area contributed by atoms with Crippen LogP contribution < -0.4 is 5.32 Å². The Hall–Kier alpha value is -1.02. The predicted octanol–water partition coefficient (Wildman–Crippen LogP) is 3.14. The number of anilines is 1. The third-order valence-corrected chi connectivity index (χ3v) is 4.94. The minimum absolute atomic E-state index is 0.00259. The number of fused-ring (bicyclic) bond motifs is 1. The average Bonchev–Trinajstić information content (AvgIpc) is 2.39. The van der Waals surface area contributed by atoms with E-state index in [0.29, 0.717) is 6.04 Å². The van der Waals surface area contributed by atoms with Crippen LogP contribution >= 0.6 is 0 Å². The second kappa shape index (κ2) is 4.27. The third kappa shape index (κ3) is 1.83. The highest BCUT2D eigenvalue weighted by Crippen LogP contribution is 2.43. The molecule has 1 fully saturated rings. The number of nitrogens with one attached hydrogen (secondary N) is 1. The molecule has 2 N–H and O–H groups in total. The number of aryl methyl sites for hydroxylation is 1. The van der Waals surface area contributed by atoms with E-state index < -0.39 is 0 Å². The zero-order chi connectivity index (χ0) is 12.8. The fraction of sp³-hybridized carbons (Fsp3) is 0.625. The molecule has 2 aliphatic rings. The molecule has 98 valence electrons. The normalized spacial score (nSPS) is 29.3. The Balaban J connectivity index is 1.82.